The quantitative estimate of drug-likeness (QED) is 0.622. The second-order valence-electron chi connectivity index (χ2n) is 5.66. The third-order valence-electron chi connectivity index (χ3n) is 2.24. The molecule has 0 aliphatic rings. The normalized spacial score (nSPS) is 14.1. The van der Waals surface area contributed by atoms with Crippen LogP contribution in [0.4, 0.5) is 0 Å². The third-order valence-corrected chi connectivity index (χ3v) is 2.24. The van der Waals surface area contributed by atoms with Crippen LogP contribution in [0.2, 0.25) is 0 Å². The van der Waals surface area contributed by atoms with Gasteiger partial charge < -0.3 is 15.2 Å². The van der Waals surface area contributed by atoms with E-state index in [1.807, 2.05) is 7.05 Å². The van der Waals surface area contributed by atoms with E-state index in [0.717, 1.165) is 18.7 Å². The minimum Gasteiger partial charge on any atom is -0.389 e. The van der Waals surface area contributed by atoms with Gasteiger partial charge in [-0.05, 0) is 33.4 Å². The lowest BCUT2D eigenvalue weighted by molar-refractivity contribution is 0.0449. The molecule has 0 aliphatic heterocycles. The van der Waals surface area contributed by atoms with E-state index in [9.17, 15) is 5.11 Å². The van der Waals surface area contributed by atoms with E-state index >= 15 is 0 Å². The Morgan fingerprint density at radius 3 is 2.53 bits per heavy atom. The van der Waals surface area contributed by atoms with Gasteiger partial charge in [-0.2, -0.15) is 0 Å². The molecule has 0 saturated carbocycles. The Bertz CT molecular complexity index is 224. The van der Waals surface area contributed by atoms with Crippen molar-refractivity contribution in [2.45, 2.75) is 32.4 Å². The lowest BCUT2D eigenvalue weighted by Crippen LogP contribution is -2.39. The molecule has 4 heteroatoms. The second-order valence-corrected chi connectivity index (χ2v) is 5.66. The third kappa shape index (κ3) is 10.5. The lowest BCUT2D eigenvalue weighted by Gasteiger charge is -2.24. The van der Waals surface area contributed by atoms with Crippen LogP contribution in [0.3, 0.4) is 0 Å². The number of hydrogen-bond acceptors (Lipinski definition) is 4. The van der Waals surface area contributed by atoms with E-state index in [2.05, 4.69) is 37.6 Å². The highest BCUT2D eigenvalue weighted by atomic mass is 16.5. The molecule has 0 heterocycles. The van der Waals surface area contributed by atoms with Gasteiger partial charge in [-0.25, -0.2) is 0 Å². The fourth-order valence-electron chi connectivity index (χ4n) is 1.50. The summed E-state index contributed by atoms with van der Waals surface area (Å²) in [6.45, 7) is 13.0. The van der Waals surface area contributed by atoms with Crippen LogP contribution in [0.5, 0.6) is 0 Å². The number of rotatable bonds is 8. The van der Waals surface area contributed by atoms with Crippen LogP contribution < -0.4 is 5.32 Å². The molecule has 1 unspecified atom stereocenters. The first-order valence-corrected chi connectivity index (χ1v) is 6.02. The number of nitrogens with one attached hydrogen (secondary N) is 1. The molecule has 0 bridgehead atoms. The maximum absolute atomic E-state index is 9.58. The summed E-state index contributed by atoms with van der Waals surface area (Å²) in [4.78, 5) is 2.05. The van der Waals surface area contributed by atoms with Crippen LogP contribution >= 0.6 is 0 Å². The monoisotopic (exact) mass is 244 g/mol. The Balaban J connectivity index is 3.80. The van der Waals surface area contributed by atoms with Gasteiger partial charge in [0.2, 0.25) is 0 Å². The Kier molecular flexibility index (Phi) is 7.63. The van der Waals surface area contributed by atoms with Gasteiger partial charge in [0.25, 0.3) is 0 Å². The van der Waals surface area contributed by atoms with Crippen LogP contribution in [-0.4, -0.2) is 62.0 Å². The fraction of sp³-hybridized carbons (Fsp3) is 0.846. The van der Waals surface area contributed by atoms with Crippen LogP contribution in [-0.2, 0) is 4.74 Å². The van der Waals surface area contributed by atoms with E-state index in [-0.39, 0.29) is 5.54 Å². The molecular weight excluding hydrogens is 216 g/mol. The number of aliphatic hydroxyl groups excluding tert-OH is 1. The van der Waals surface area contributed by atoms with Gasteiger partial charge in [-0.15, -0.1) is 0 Å². The Morgan fingerprint density at radius 1 is 1.47 bits per heavy atom. The molecule has 1 atom stereocenters. The van der Waals surface area contributed by atoms with Gasteiger partial charge in [-0.1, -0.05) is 6.58 Å². The van der Waals surface area contributed by atoms with Crippen LogP contribution in [0.25, 0.3) is 0 Å². The summed E-state index contributed by atoms with van der Waals surface area (Å²) in [6, 6.07) is 0. The van der Waals surface area contributed by atoms with Crippen molar-refractivity contribution in [3.05, 3.63) is 12.2 Å². The topological polar surface area (TPSA) is 44.7 Å². The highest BCUT2D eigenvalue weighted by Crippen LogP contribution is 2.01. The highest BCUT2D eigenvalue weighted by molar-refractivity contribution is 5.00. The molecular formula is C13H28N2O2. The SMILES string of the molecule is C=C(CNC(C)(C)C)CN(C)CC(O)COC. The molecule has 0 amide bonds. The van der Waals surface area contributed by atoms with E-state index in [4.69, 9.17) is 4.74 Å². The van der Waals surface area contributed by atoms with Crippen molar-refractivity contribution >= 4 is 0 Å². The molecule has 102 valence electrons. The maximum atomic E-state index is 9.58. The summed E-state index contributed by atoms with van der Waals surface area (Å²) < 4.78 is 4.89. The van der Waals surface area contributed by atoms with Crippen molar-refractivity contribution < 1.29 is 9.84 Å². The van der Waals surface area contributed by atoms with Crippen LogP contribution in [0.1, 0.15) is 20.8 Å². The molecule has 0 spiro atoms. The smallest absolute Gasteiger partial charge is 0.0900 e. The lowest BCUT2D eigenvalue weighted by atomic mass is 10.1. The summed E-state index contributed by atoms with van der Waals surface area (Å²) >= 11 is 0. The first-order valence-electron chi connectivity index (χ1n) is 6.02. The van der Waals surface area contributed by atoms with E-state index in [0.29, 0.717) is 13.2 Å². The summed E-state index contributed by atoms with van der Waals surface area (Å²) in [6.07, 6.45) is -0.437. The number of aliphatic hydroxyl groups is 1. The zero-order chi connectivity index (χ0) is 13.5. The maximum Gasteiger partial charge on any atom is 0.0900 e. The van der Waals surface area contributed by atoms with Gasteiger partial charge in [-0.3, -0.25) is 4.90 Å². The first kappa shape index (κ1) is 16.6. The molecule has 0 aromatic carbocycles. The molecule has 0 aliphatic carbocycles. The summed E-state index contributed by atoms with van der Waals surface area (Å²) in [7, 11) is 3.57. The van der Waals surface area contributed by atoms with E-state index < -0.39 is 6.10 Å². The molecule has 0 saturated heterocycles. The van der Waals surface area contributed by atoms with Crippen LogP contribution in [0.15, 0.2) is 12.2 Å². The minimum absolute atomic E-state index is 0.108. The number of nitrogens with zero attached hydrogens (tertiary/aromatic N) is 1. The van der Waals surface area contributed by atoms with Crippen molar-refractivity contribution in [3.63, 3.8) is 0 Å². The largest absolute Gasteiger partial charge is 0.389 e. The Hall–Kier alpha value is -0.420. The van der Waals surface area contributed by atoms with Crippen molar-refractivity contribution in [2.24, 2.45) is 0 Å². The number of ether oxygens (including phenoxy) is 1. The summed E-state index contributed by atoms with van der Waals surface area (Å²) in [5.74, 6) is 0. The van der Waals surface area contributed by atoms with Gasteiger partial charge in [0, 0.05) is 32.3 Å². The van der Waals surface area contributed by atoms with E-state index in [1.165, 1.54) is 0 Å². The minimum atomic E-state index is -0.437. The zero-order valence-electron chi connectivity index (χ0n) is 11.9. The summed E-state index contributed by atoms with van der Waals surface area (Å²) in [5, 5.41) is 13.0. The molecule has 4 nitrogen and oxygen atoms in total. The average Bonchev–Trinajstić information content (AvgIpc) is 2.13. The predicted molar refractivity (Wildman–Crippen MR) is 72.3 cm³/mol. The molecule has 0 fully saturated rings. The first-order chi connectivity index (χ1) is 7.74. The van der Waals surface area contributed by atoms with Crippen LogP contribution in [0, 0.1) is 0 Å². The Labute approximate surface area is 106 Å². The Morgan fingerprint density at radius 2 is 2.06 bits per heavy atom. The standard InChI is InChI=1S/C13H28N2O2/c1-11(7-14-13(2,3)4)8-15(5)9-12(16)10-17-6/h12,14,16H,1,7-10H2,2-6H3. The van der Waals surface area contributed by atoms with E-state index in [1.54, 1.807) is 7.11 Å². The van der Waals surface area contributed by atoms with Gasteiger partial charge in [0.15, 0.2) is 0 Å². The molecule has 0 rings (SSSR count). The predicted octanol–water partition coefficient (Wildman–Crippen LogP) is 0.870. The molecule has 0 radical (unpaired) electrons. The second kappa shape index (κ2) is 7.82. The van der Waals surface area contributed by atoms with Gasteiger partial charge >= 0.3 is 0 Å². The number of likely N-dealkylation sites (N-methyl/N-ethyl adjacent to an activating group) is 1. The fourth-order valence-corrected chi connectivity index (χ4v) is 1.50. The number of methoxy groups -OCH3 is 1. The van der Waals surface area contributed by atoms with Crippen molar-refractivity contribution in [3.8, 4) is 0 Å². The molecule has 17 heavy (non-hydrogen) atoms. The zero-order valence-corrected chi connectivity index (χ0v) is 11.9. The van der Waals surface area contributed by atoms with Crippen molar-refractivity contribution in [1.82, 2.24) is 10.2 Å². The van der Waals surface area contributed by atoms with Crippen molar-refractivity contribution in [2.75, 3.05) is 40.4 Å². The average molecular weight is 244 g/mol. The molecule has 0 aromatic rings. The molecule has 0 aromatic heterocycles. The number of hydrogen-bond donors (Lipinski definition) is 2. The highest BCUT2D eigenvalue weighted by Gasteiger charge is 2.11. The van der Waals surface area contributed by atoms with Gasteiger partial charge in [0.05, 0.1) is 12.7 Å². The summed E-state index contributed by atoms with van der Waals surface area (Å²) in [5.41, 5.74) is 1.23. The van der Waals surface area contributed by atoms with Gasteiger partial charge in [0.1, 0.15) is 0 Å². The van der Waals surface area contributed by atoms with Crippen molar-refractivity contribution in [1.29, 1.82) is 0 Å². The molecule has 2 N–H and O–H groups in total.